The third-order valence-corrected chi connectivity index (χ3v) is 6.70. The minimum absolute atomic E-state index is 0.123. The molecule has 2 heterocycles. The van der Waals surface area contributed by atoms with Crippen LogP contribution < -0.4 is 10.6 Å². The summed E-state index contributed by atoms with van der Waals surface area (Å²) in [6, 6.07) is 12.2. The van der Waals surface area contributed by atoms with Crippen LogP contribution in [0.15, 0.2) is 40.8 Å². The zero-order valence-electron chi connectivity index (χ0n) is 19.0. The van der Waals surface area contributed by atoms with Crippen molar-refractivity contribution in [1.29, 1.82) is 5.26 Å². The molecule has 0 saturated heterocycles. The Morgan fingerprint density at radius 3 is 2.64 bits per heavy atom. The molecule has 5 rings (SSSR count). The lowest BCUT2D eigenvalue weighted by atomic mass is 10.0. The van der Waals surface area contributed by atoms with Crippen molar-refractivity contribution >= 4 is 39.2 Å². The molecule has 0 unspecified atom stereocenters. The number of carbonyl (C=O) groups is 2. The molecule has 36 heavy (non-hydrogen) atoms. The number of methoxy groups -OCH3 is 1. The Morgan fingerprint density at radius 1 is 1.19 bits per heavy atom. The fourth-order valence-electron chi connectivity index (χ4n) is 3.61. The van der Waals surface area contributed by atoms with Gasteiger partial charge in [0.2, 0.25) is 17.7 Å². The summed E-state index contributed by atoms with van der Waals surface area (Å²) >= 11 is 1.18. The number of hydrogen-bond acceptors (Lipinski definition) is 9. The van der Waals surface area contributed by atoms with Crippen LogP contribution >= 0.6 is 11.3 Å². The first kappa shape index (κ1) is 23.4. The highest BCUT2D eigenvalue weighted by molar-refractivity contribution is 7.18. The largest absolute Gasteiger partial charge is 0.453 e. The molecule has 1 aliphatic carbocycles. The maximum Gasteiger partial charge on any atom is 0.411 e. The molecule has 2 N–H and O–H groups in total. The number of fused-ring (bicyclic) bond motifs is 1. The van der Waals surface area contributed by atoms with Gasteiger partial charge in [-0.2, -0.15) is 5.26 Å². The monoisotopic (exact) mass is 506 g/mol. The summed E-state index contributed by atoms with van der Waals surface area (Å²) in [5.74, 6) is -0.365. The molecule has 1 fully saturated rings. The molecule has 10 nitrogen and oxygen atoms in total. The van der Waals surface area contributed by atoms with Gasteiger partial charge in [-0.15, -0.1) is 21.5 Å². The van der Waals surface area contributed by atoms with Crippen LogP contribution in [0.4, 0.5) is 14.9 Å². The molecule has 1 aliphatic rings. The Bertz CT molecular complexity index is 1500. The van der Waals surface area contributed by atoms with Gasteiger partial charge in [0, 0.05) is 11.3 Å². The molecule has 2 aromatic heterocycles. The van der Waals surface area contributed by atoms with Crippen molar-refractivity contribution in [2.45, 2.75) is 31.2 Å². The van der Waals surface area contributed by atoms with Gasteiger partial charge in [-0.3, -0.25) is 10.1 Å². The summed E-state index contributed by atoms with van der Waals surface area (Å²) in [5.41, 5.74) is 1.32. The minimum atomic E-state index is -0.758. The van der Waals surface area contributed by atoms with Gasteiger partial charge in [0.25, 0.3) is 0 Å². The fraction of sp³-hybridized carbons (Fsp3) is 0.250. The SMILES string of the molecule is COC(=O)Nc1ccc(-c2ccc3nc(Cc4nnc(CC(=O)NC5(C#N)CC5)o4)sc3c2F)cc1. The topological polar surface area (TPSA) is 143 Å². The standard InChI is InChI=1S/C24H19FN6O4S/c1-34-23(33)27-14-4-2-13(3-5-14)15-6-7-16-22(21(15)25)36-20(28-16)11-19-31-30-18(35-19)10-17(32)29-24(12-26)8-9-24/h2-7H,8-11H2,1H3,(H,27,33)(H,29,32). The highest BCUT2D eigenvalue weighted by Crippen LogP contribution is 2.35. The lowest BCUT2D eigenvalue weighted by Gasteiger charge is -2.07. The van der Waals surface area contributed by atoms with E-state index in [1.807, 2.05) is 0 Å². The minimum Gasteiger partial charge on any atom is -0.453 e. The van der Waals surface area contributed by atoms with Gasteiger partial charge in [-0.1, -0.05) is 12.1 Å². The molecular weight excluding hydrogens is 487 g/mol. The zero-order valence-corrected chi connectivity index (χ0v) is 19.8. The summed E-state index contributed by atoms with van der Waals surface area (Å²) in [7, 11) is 1.27. The zero-order chi connectivity index (χ0) is 25.3. The normalized spacial score (nSPS) is 13.7. The summed E-state index contributed by atoms with van der Waals surface area (Å²) in [6.45, 7) is 0. The van der Waals surface area contributed by atoms with Crippen LogP contribution in [0.2, 0.25) is 0 Å². The lowest BCUT2D eigenvalue weighted by molar-refractivity contribution is -0.121. The van der Waals surface area contributed by atoms with Gasteiger partial charge >= 0.3 is 6.09 Å². The number of aromatic nitrogens is 3. The smallest absolute Gasteiger partial charge is 0.411 e. The molecule has 4 aromatic rings. The Balaban J connectivity index is 1.29. The number of nitrogens with zero attached hydrogens (tertiary/aromatic N) is 4. The Morgan fingerprint density at radius 2 is 1.94 bits per heavy atom. The number of rotatable bonds is 7. The van der Waals surface area contributed by atoms with Gasteiger partial charge < -0.3 is 14.5 Å². The Labute approximate surface area is 208 Å². The van der Waals surface area contributed by atoms with Crippen molar-refractivity contribution in [2.24, 2.45) is 0 Å². The number of ether oxygens (including phenoxy) is 1. The molecule has 0 radical (unpaired) electrons. The highest BCUT2D eigenvalue weighted by atomic mass is 32.1. The van der Waals surface area contributed by atoms with Crippen molar-refractivity contribution in [3.8, 4) is 17.2 Å². The predicted octanol–water partition coefficient (Wildman–Crippen LogP) is 3.97. The summed E-state index contributed by atoms with van der Waals surface area (Å²) in [6.07, 6.45) is 0.756. The second-order valence-corrected chi connectivity index (χ2v) is 9.35. The van der Waals surface area contributed by atoms with Gasteiger partial charge in [-0.05, 0) is 42.7 Å². The van der Waals surface area contributed by atoms with E-state index in [1.165, 1.54) is 18.4 Å². The first-order valence-electron chi connectivity index (χ1n) is 10.9. The second kappa shape index (κ2) is 9.35. The van der Waals surface area contributed by atoms with Crippen molar-refractivity contribution in [3.63, 3.8) is 0 Å². The van der Waals surface area contributed by atoms with Crippen LogP contribution in [0.25, 0.3) is 21.3 Å². The predicted molar refractivity (Wildman–Crippen MR) is 128 cm³/mol. The van der Waals surface area contributed by atoms with Gasteiger partial charge in [0.05, 0.1) is 29.8 Å². The molecular formula is C24H19FN6O4S. The highest BCUT2D eigenvalue weighted by Gasteiger charge is 2.44. The van der Waals surface area contributed by atoms with Crippen molar-refractivity contribution < 1.29 is 23.1 Å². The van der Waals surface area contributed by atoms with Crippen molar-refractivity contribution in [1.82, 2.24) is 20.5 Å². The number of thiazole rings is 1. The number of nitrogens with one attached hydrogen (secondary N) is 2. The van der Waals surface area contributed by atoms with Crippen LogP contribution in [-0.2, 0) is 22.4 Å². The van der Waals surface area contributed by atoms with E-state index in [0.29, 0.717) is 44.9 Å². The molecule has 0 bridgehead atoms. The second-order valence-electron chi connectivity index (χ2n) is 8.26. The molecule has 0 spiro atoms. The average molecular weight is 507 g/mol. The van der Waals surface area contributed by atoms with Crippen molar-refractivity contribution in [3.05, 3.63) is 59.0 Å². The Kier molecular flexibility index (Phi) is 6.07. The summed E-state index contributed by atoms with van der Waals surface area (Å²) in [5, 5.41) is 22.7. The van der Waals surface area contributed by atoms with Gasteiger partial charge in [-0.25, -0.2) is 14.2 Å². The number of hydrogen-bond donors (Lipinski definition) is 2. The molecule has 2 amide bonds. The molecule has 1 saturated carbocycles. The van der Waals surface area contributed by atoms with Gasteiger partial charge in [0.1, 0.15) is 22.8 Å². The fourth-order valence-corrected chi connectivity index (χ4v) is 4.60. The molecule has 12 heteroatoms. The van der Waals surface area contributed by atoms with Crippen LogP contribution in [-0.4, -0.2) is 39.8 Å². The van der Waals surface area contributed by atoms with Crippen LogP contribution in [0.1, 0.15) is 29.6 Å². The third kappa shape index (κ3) is 4.87. The molecule has 182 valence electrons. The quantitative estimate of drug-likeness (QED) is 0.383. The number of halogens is 1. The van der Waals surface area contributed by atoms with E-state index >= 15 is 4.39 Å². The molecule has 0 aliphatic heterocycles. The number of benzene rings is 2. The van der Waals surface area contributed by atoms with E-state index in [4.69, 9.17) is 9.68 Å². The van der Waals surface area contributed by atoms with Crippen LogP contribution in [0, 0.1) is 17.1 Å². The Hall–Kier alpha value is -4.37. The summed E-state index contributed by atoms with van der Waals surface area (Å²) in [4.78, 5) is 27.9. The average Bonchev–Trinajstić information content (AvgIpc) is 3.29. The van der Waals surface area contributed by atoms with E-state index in [9.17, 15) is 9.59 Å². The number of amides is 2. The lowest BCUT2D eigenvalue weighted by Crippen LogP contribution is -2.36. The first-order chi connectivity index (χ1) is 17.4. The molecule has 2 aromatic carbocycles. The van der Waals surface area contributed by atoms with Crippen molar-refractivity contribution in [2.75, 3.05) is 12.4 Å². The van der Waals surface area contributed by atoms with Gasteiger partial charge in [0.15, 0.2) is 0 Å². The van der Waals surface area contributed by atoms with E-state index < -0.39 is 17.4 Å². The van der Waals surface area contributed by atoms with E-state index in [2.05, 4.69) is 36.6 Å². The first-order valence-corrected chi connectivity index (χ1v) is 11.8. The maximum absolute atomic E-state index is 15.4. The molecule has 0 atom stereocenters. The number of nitriles is 1. The van der Waals surface area contributed by atoms with E-state index in [0.717, 1.165) is 0 Å². The maximum atomic E-state index is 15.4. The number of anilines is 1. The van der Waals surface area contributed by atoms with Crippen LogP contribution in [0.3, 0.4) is 0 Å². The van der Waals surface area contributed by atoms with E-state index in [1.54, 1.807) is 36.4 Å². The van der Waals surface area contributed by atoms with E-state index in [-0.39, 0.29) is 30.5 Å². The third-order valence-electron chi connectivity index (χ3n) is 5.63. The number of carbonyl (C=O) groups excluding carboxylic acids is 2. The van der Waals surface area contributed by atoms with Crippen LogP contribution in [0.5, 0.6) is 0 Å². The summed E-state index contributed by atoms with van der Waals surface area (Å²) < 4.78 is 25.9.